The molecule has 0 saturated carbocycles. The molecule has 2 rings (SSSR count). The van der Waals surface area contributed by atoms with Gasteiger partial charge in [0.2, 0.25) is 0 Å². The molecule has 2 N–H and O–H groups in total. The van der Waals surface area contributed by atoms with Crippen LogP contribution in [0, 0.1) is 0 Å². The highest BCUT2D eigenvalue weighted by molar-refractivity contribution is 7.92. The Morgan fingerprint density at radius 1 is 1.24 bits per heavy atom. The van der Waals surface area contributed by atoms with Crippen LogP contribution < -0.4 is 4.72 Å². The van der Waals surface area contributed by atoms with E-state index in [0.717, 1.165) is 12.8 Å². The summed E-state index contributed by atoms with van der Waals surface area (Å²) in [5.41, 5.74) is 2.26. The summed E-state index contributed by atoms with van der Waals surface area (Å²) >= 11 is 0. The second kappa shape index (κ2) is 6.32. The Morgan fingerprint density at radius 2 is 1.90 bits per heavy atom. The van der Waals surface area contributed by atoms with Crippen molar-refractivity contribution in [2.75, 3.05) is 4.72 Å². The molecule has 0 unspecified atom stereocenters. The van der Waals surface area contributed by atoms with E-state index in [9.17, 15) is 8.42 Å². The number of rotatable bonds is 6. The van der Waals surface area contributed by atoms with Crippen LogP contribution in [0.1, 0.15) is 24.6 Å². The molecule has 0 spiro atoms. The minimum atomic E-state index is -3.63. The Kier molecular flexibility index (Phi) is 4.69. The van der Waals surface area contributed by atoms with Gasteiger partial charge in [0.05, 0.1) is 6.61 Å². The summed E-state index contributed by atoms with van der Waals surface area (Å²) in [6.07, 6.45) is 3.52. The van der Waals surface area contributed by atoms with Crippen LogP contribution in [-0.2, 0) is 30.1 Å². The van der Waals surface area contributed by atoms with Crippen LogP contribution in [0.15, 0.2) is 41.4 Å². The molecule has 0 saturated heterocycles. The summed E-state index contributed by atoms with van der Waals surface area (Å²) < 4.78 is 28.7. The molecule has 5 nitrogen and oxygen atoms in total. The van der Waals surface area contributed by atoms with E-state index in [2.05, 4.69) is 11.6 Å². The first-order valence-electron chi connectivity index (χ1n) is 6.84. The summed E-state index contributed by atoms with van der Waals surface area (Å²) in [5.74, 6) is 0. The maximum atomic E-state index is 12.3. The summed E-state index contributed by atoms with van der Waals surface area (Å²) in [4.78, 5) is 0.145. The van der Waals surface area contributed by atoms with Crippen LogP contribution in [0.25, 0.3) is 0 Å². The van der Waals surface area contributed by atoms with E-state index >= 15 is 0 Å². The van der Waals surface area contributed by atoms with E-state index in [1.54, 1.807) is 23.7 Å². The molecule has 6 heteroatoms. The number of nitrogens with zero attached hydrogens (tertiary/aromatic N) is 1. The fourth-order valence-electron chi connectivity index (χ4n) is 2.12. The maximum absolute atomic E-state index is 12.3. The van der Waals surface area contributed by atoms with Gasteiger partial charge in [-0.05, 0) is 30.2 Å². The maximum Gasteiger partial charge on any atom is 0.263 e. The van der Waals surface area contributed by atoms with Crippen molar-refractivity contribution in [3.05, 3.63) is 47.8 Å². The van der Waals surface area contributed by atoms with E-state index < -0.39 is 10.0 Å². The molecule has 2 aromatic rings. The number of benzene rings is 1. The van der Waals surface area contributed by atoms with Gasteiger partial charge in [0, 0.05) is 24.6 Å². The van der Waals surface area contributed by atoms with Gasteiger partial charge in [-0.15, -0.1) is 0 Å². The first kappa shape index (κ1) is 15.6. The molecule has 0 atom stereocenters. The van der Waals surface area contributed by atoms with Crippen molar-refractivity contribution >= 4 is 15.7 Å². The Hall–Kier alpha value is -1.79. The molecule has 0 aliphatic heterocycles. The summed E-state index contributed by atoms with van der Waals surface area (Å²) in [6.45, 7) is 1.91. The highest BCUT2D eigenvalue weighted by Crippen LogP contribution is 2.19. The van der Waals surface area contributed by atoms with Crippen LogP contribution in [-0.4, -0.2) is 18.1 Å². The minimum absolute atomic E-state index is 0.145. The highest BCUT2D eigenvalue weighted by atomic mass is 32.2. The number of hydrogen-bond donors (Lipinski definition) is 2. The van der Waals surface area contributed by atoms with Crippen molar-refractivity contribution in [2.45, 2.75) is 31.3 Å². The molecule has 114 valence electrons. The smallest absolute Gasteiger partial charge is 0.263 e. The number of sulfonamides is 1. The predicted octanol–water partition coefficient (Wildman–Crippen LogP) is 2.27. The number of aliphatic hydroxyl groups excluding tert-OH is 1. The topological polar surface area (TPSA) is 71.3 Å². The molecule has 0 fully saturated rings. The molecule has 0 aliphatic rings. The van der Waals surface area contributed by atoms with Crippen LogP contribution in [0.3, 0.4) is 0 Å². The molecule has 1 heterocycles. The number of aliphatic hydroxyl groups is 1. The Bertz CT molecular complexity index is 703. The summed E-state index contributed by atoms with van der Waals surface area (Å²) in [7, 11) is -1.93. The molecule has 0 bridgehead atoms. The van der Waals surface area contributed by atoms with Crippen molar-refractivity contribution < 1.29 is 13.5 Å². The van der Waals surface area contributed by atoms with E-state index in [1.807, 2.05) is 12.1 Å². The van der Waals surface area contributed by atoms with E-state index in [1.165, 1.54) is 17.8 Å². The van der Waals surface area contributed by atoms with Crippen LogP contribution in [0.4, 0.5) is 5.69 Å². The molecule has 21 heavy (non-hydrogen) atoms. The van der Waals surface area contributed by atoms with Crippen molar-refractivity contribution in [1.82, 2.24) is 4.57 Å². The molecule has 1 aromatic heterocycles. The van der Waals surface area contributed by atoms with Crippen molar-refractivity contribution in [2.24, 2.45) is 7.05 Å². The lowest BCUT2D eigenvalue weighted by Gasteiger charge is -2.07. The van der Waals surface area contributed by atoms with Crippen molar-refractivity contribution in [3.8, 4) is 0 Å². The number of hydrogen-bond acceptors (Lipinski definition) is 3. The number of anilines is 1. The largest absolute Gasteiger partial charge is 0.390 e. The second-order valence-corrected chi connectivity index (χ2v) is 6.67. The fourth-order valence-corrected chi connectivity index (χ4v) is 3.28. The lowest BCUT2D eigenvalue weighted by atomic mass is 10.1. The lowest BCUT2D eigenvalue weighted by molar-refractivity contribution is 0.272. The zero-order valence-electron chi connectivity index (χ0n) is 12.2. The number of aryl methyl sites for hydroxylation is 2. The molecular weight excluding hydrogens is 288 g/mol. The third kappa shape index (κ3) is 3.65. The van der Waals surface area contributed by atoms with Gasteiger partial charge < -0.3 is 9.67 Å². The summed E-state index contributed by atoms with van der Waals surface area (Å²) in [6, 6.07) is 8.83. The van der Waals surface area contributed by atoms with Crippen molar-refractivity contribution in [1.29, 1.82) is 0 Å². The quantitative estimate of drug-likeness (QED) is 0.860. The highest BCUT2D eigenvalue weighted by Gasteiger charge is 2.17. The average Bonchev–Trinajstić information content (AvgIpc) is 2.83. The van der Waals surface area contributed by atoms with Gasteiger partial charge in [-0.25, -0.2) is 8.42 Å². The van der Waals surface area contributed by atoms with E-state index in [-0.39, 0.29) is 11.5 Å². The third-order valence-corrected chi connectivity index (χ3v) is 4.65. The van der Waals surface area contributed by atoms with Crippen LogP contribution in [0.2, 0.25) is 0 Å². The van der Waals surface area contributed by atoms with Gasteiger partial charge in [-0.2, -0.15) is 0 Å². The van der Waals surface area contributed by atoms with E-state index in [4.69, 9.17) is 5.11 Å². The number of aromatic nitrogens is 1. The molecule has 1 aromatic carbocycles. The average molecular weight is 308 g/mol. The first-order chi connectivity index (χ1) is 9.96. The molecule has 0 amide bonds. The first-order valence-corrected chi connectivity index (χ1v) is 8.32. The predicted molar refractivity (Wildman–Crippen MR) is 82.6 cm³/mol. The Morgan fingerprint density at radius 3 is 2.43 bits per heavy atom. The molecule has 0 aliphatic carbocycles. The summed E-state index contributed by atoms with van der Waals surface area (Å²) in [5, 5.41) is 9.13. The van der Waals surface area contributed by atoms with E-state index in [0.29, 0.717) is 11.4 Å². The van der Waals surface area contributed by atoms with Gasteiger partial charge in [0.25, 0.3) is 10.0 Å². The normalized spacial score (nSPS) is 11.6. The zero-order valence-corrected chi connectivity index (χ0v) is 13.0. The van der Waals surface area contributed by atoms with Crippen LogP contribution >= 0.6 is 0 Å². The SMILES string of the molecule is CCCc1ccc(NS(=O)(=O)c2cc(CO)n(C)c2)cc1. The second-order valence-electron chi connectivity index (χ2n) is 4.99. The van der Waals surface area contributed by atoms with Gasteiger partial charge in [-0.1, -0.05) is 25.5 Å². The Labute approximate surface area is 125 Å². The standard InChI is InChI=1S/C15H20N2O3S/c1-3-4-12-5-7-13(8-6-12)16-21(19,20)15-9-14(11-18)17(2)10-15/h5-10,16,18H,3-4,11H2,1-2H3. The lowest BCUT2D eigenvalue weighted by Crippen LogP contribution is -2.12. The fraction of sp³-hybridized carbons (Fsp3) is 0.333. The van der Waals surface area contributed by atoms with Gasteiger partial charge in [-0.3, -0.25) is 4.72 Å². The molecule has 0 radical (unpaired) electrons. The molecular formula is C15H20N2O3S. The zero-order chi connectivity index (χ0) is 15.5. The van der Waals surface area contributed by atoms with Gasteiger partial charge >= 0.3 is 0 Å². The van der Waals surface area contributed by atoms with Gasteiger partial charge in [0.1, 0.15) is 4.90 Å². The van der Waals surface area contributed by atoms with Crippen molar-refractivity contribution in [3.63, 3.8) is 0 Å². The van der Waals surface area contributed by atoms with Crippen LogP contribution in [0.5, 0.6) is 0 Å². The third-order valence-electron chi connectivity index (χ3n) is 3.30. The number of nitrogens with one attached hydrogen (secondary N) is 1. The van der Waals surface area contributed by atoms with Gasteiger partial charge in [0.15, 0.2) is 0 Å². The minimum Gasteiger partial charge on any atom is -0.390 e. The Balaban J connectivity index is 2.20. The monoisotopic (exact) mass is 308 g/mol.